The van der Waals surface area contributed by atoms with Crippen molar-refractivity contribution in [2.45, 2.75) is 24.4 Å². The summed E-state index contributed by atoms with van der Waals surface area (Å²) in [5.74, 6) is -3.67. The third-order valence-electron chi connectivity index (χ3n) is 2.88. The van der Waals surface area contributed by atoms with Crippen LogP contribution in [-0.4, -0.2) is 48.2 Å². The standard InChI is InChI=1S/C14H12F6O5/c15-13(16,17)12(23,14(18,19)20)11(22)25-8-4-7-24-10(21)9-5-2-1-3-6-9/h1-3,5-6,23H,4,7-8H2. The third-order valence-corrected chi connectivity index (χ3v) is 2.88. The van der Waals surface area contributed by atoms with Crippen LogP contribution in [0.1, 0.15) is 16.8 Å². The molecule has 0 fully saturated rings. The number of benzene rings is 1. The first-order valence-electron chi connectivity index (χ1n) is 6.66. The monoisotopic (exact) mass is 374 g/mol. The Morgan fingerprint density at radius 2 is 1.36 bits per heavy atom. The fraction of sp³-hybridized carbons (Fsp3) is 0.429. The second kappa shape index (κ2) is 7.72. The van der Waals surface area contributed by atoms with Gasteiger partial charge in [0.2, 0.25) is 0 Å². The molecule has 0 aliphatic carbocycles. The van der Waals surface area contributed by atoms with E-state index in [9.17, 15) is 35.9 Å². The van der Waals surface area contributed by atoms with Gasteiger partial charge in [-0.3, -0.25) is 0 Å². The molecule has 1 N–H and O–H groups in total. The van der Waals surface area contributed by atoms with Gasteiger partial charge in [-0.2, -0.15) is 26.3 Å². The smallest absolute Gasteiger partial charge is 0.437 e. The highest BCUT2D eigenvalue weighted by atomic mass is 19.4. The molecule has 0 saturated carbocycles. The van der Waals surface area contributed by atoms with Gasteiger partial charge in [0, 0.05) is 6.42 Å². The highest BCUT2D eigenvalue weighted by molar-refractivity contribution is 5.89. The molecule has 0 aliphatic rings. The molecule has 25 heavy (non-hydrogen) atoms. The van der Waals surface area contributed by atoms with Crippen molar-refractivity contribution in [1.82, 2.24) is 0 Å². The number of esters is 2. The van der Waals surface area contributed by atoms with Crippen LogP contribution < -0.4 is 0 Å². The van der Waals surface area contributed by atoms with E-state index in [-0.39, 0.29) is 12.0 Å². The molecule has 5 nitrogen and oxygen atoms in total. The minimum atomic E-state index is -6.30. The number of carbonyl (C=O) groups excluding carboxylic acids is 2. The van der Waals surface area contributed by atoms with E-state index in [4.69, 9.17) is 9.84 Å². The van der Waals surface area contributed by atoms with E-state index >= 15 is 0 Å². The summed E-state index contributed by atoms with van der Waals surface area (Å²) in [5.41, 5.74) is -5.44. The predicted octanol–water partition coefficient (Wildman–Crippen LogP) is 2.63. The van der Waals surface area contributed by atoms with E-state index in [0.29, 0.717) is 0 Å². The highest BCUT2D eigenvalue weighted by Gasteiger charge is 2.76. The summed E-state index contributed by atoms with van der Waals surface area (Å²) in [6, 6.07) is 7.59. The molecule has 0 spiro atoms. The number of aliphatic hydroxyl groups is 1. The topological polar surface area (TPSA) is 72.8 Å². The first-order valence-corrected chi connectivity index (χ1v) is 6.66. The maximum absolute atomic E-state index is 12.4. The van der Waals surface area contributed by atoms with Crippen molar-refractivity contribution in [3.8, 4) is 0 Å². The molecular formula is C14H12F6O5. The van der Waals surface area contributed by atoms with Gasteiger partial charge in [0.05, 0.1) is 18.8 Å². The fourth-order valence-electron chi connectivity index (χ4n) is 1.54. The van der Waals surface area contributed by atoms with Crippen LogP contribution >= 0.6 is 0 Å². The summed E-state index contributed by atoms with van der Waals surface area (Å²) >= 11 is 0. The lowest BCUT2D eigenvalue weighted by Gasteiger charge is -2.29. The minimum Gasteiger partial charge on any atom is -0.463 e. The zero-order valence-electron chi connectivity index (χ0n) is 12.4. The molecule has 0 radical (unpaired) electrons. The summed E-state index contributed by atoms with van der Waals surface area (Å²) in [5, 5.41) is 8.74. The van der Waals surface area contributed by atoms with Crippen LogP contribution in [0.4, 0.5) is 26.3 Å². The van der Waals surface area contributed by atoms with Gasteiger partial charge in [0.25, 0.3) is 0 Å². The lowest BCUT2D eigenvalue weighted by atomic mass is 10.0. The van der Waals surface area contributed by atoms with Gasteiger partial charge in [-0.25, -0.2) is 9.59 Å². The second-order valence-electron chi connectivity index (χ2n) is 4.70. The number of hydrogen-bond donors (Lipinski definition) is 1. The van der Waals surface area contributed by atoms with Gasteiger partial charge in [-0.1, -0.05) is 18.2 Å². The van der Waals surface area contributed by atoms with Gasteiger partial charge < -0.3 is 14.6 Å². The highest BCUT2D eigenvalue weighted by Crippen LogP contribution is 2.43. The fourth-order valence-corrected chi connectivity index (χ4v) is 1.54. The Kier molecular flexibility index (Phi) is 6.41. The molecule has 1 aromatic carbocycles. The Labute approximate surface area is 137 Å². The van der Waals surface area contributed by atoms with Crippen molar-refractivity contribution < 1.29 is 50.5 Å². The lowest BCUT2D eigenvalue weighted by Crippen LogP contribution is -2.63. The molecule has 0 unspecified atom stereocenters. The van der Waals surface area contributed by atoms with Crippen LogP contribution in [0.3, 0.4) is 0 Å². The Morgan fingerprint density at radius 1 is 0.880 bits per heavy atom. The van der Waals surface area contributed by atoms with Gasteiger partial charge in [-0.15, -0.1) is 0 Å². The van der Waals surface area contributed by atoms with E-state index in [1.807, 2.05) is 0 Å². The van der Waals surface area contributed by atoms with E-state index in [0.717, 1.165) is 0 Å². The van der Waals surface area contributed by atoms with Crippen molar-refractivity contribution in [3.63, 3.8) is 0 Å². The van der Waals surface area contributed by atoms with Crippen molar-refractivity contribution in [1.29, 1.82) is 0 Å². The molecule has 1 rings (SSSR count). The van der Waals surface area contributed by atoms with Crippen LogP contribution in [0.5, 0.6) is 0 Å². The first-order chi connectivity index (χ1) is 11.4. The van der Waals surface area contributed by atoms with Gasteiger partial charge in [-0.05, 0) is 12.1 Å². The maximum Gasteiger partial charge on any atom is 0.437 e. The molecule has 0 amide bonds. The molecule has 0 aromatic heterocycles. The number of rotatable bonds is 6. The number of hydrogen-bond acceptors (Lipinski definition) is 5. The SMILES string of the molecule is O=C(OCCCOC(=O)C(O)(C(F)(F)F)C(F)(F)F)c1ccccc1. The minimum absolute atomic E-state index is 0.183. The van der Waals surface area contributed by atoms with Crippen LogP contribution in [0, 0.1) is 0 Å². The number of alkyl halides is 6. The van der Waals surface area contributed by atoms with Gasteiger partial charge in [0.1, 0.15) is 0 Å². The molecule has 0 bridgehead atoms. The predicted molar refractivity (Wildman–Crippen MR) is 69.4 cm³/mol. The normalized spacial score (nSPS) is 12.6. The first kappa shape index (κ1) is 20.7. The van der Waals surface area contributed by atoms with E-state index in [2.05, 4.69) is 4.74 Å². The van der Waals surface area contributed by atoms with E-state index in [1.54, 1.807) is 18.2 Å². The van der Waals surface area contributed by atoms with Crippen molar-refractivity contribution in [2.75, 3.05) is 13.2 Å². The van der Waals surface area contributed by atoms with Gasteiger partial charge >= 0.3 is 29.9 Å². The Bertz CT molecular complexity index is 582. The Morgan fingerprint density at radius 3 is 1.84 bits per heavy atom. The molecule has 0 atom stereocenters. The second-order valence-corrected chi connectivity index (χ2v) is 4.70. The van der Waals surface area contributed by atoms with E-state index < -0.39 is 43.1 Å². The van der Waals surface area contributed by atoms with Crippen LogP contribution in [0.2, 0.25) is 0 Å². The van der Waals surface area contributed by atoms with Crippen LogP contribution in [0.15, 0.2) is 30.3 Å². The molecular weight excluding hydrogens is 362 g/mol. The molecule has 0 heterocycles. The average molecular weight is 374 g/mol. The molecule has 0 saturated heterocycles. The summed E-state index contributed by atoms with van der Waals surface area (Å²) < 4.78 is 82.8. The summed E-state index contributed by atoms with van der Waals surface area (Å²) in [6.45, 7) is -1.34. The molecule has 0 aliphatic heterocycles. The quantitative estimate of drug-likeness (QED) is 0.471. The summed E-state index contributed by atoms with van der Waals surface area (Å²) in [6.07, 6.45) is -13.0. The Balaban J connectivity index is 2.50. The molecule has 11 heteroatoms. The number of ether oxygens (including phenoxy) is 2. The molecule has 140 valence electrons. The third kappa shape index (κ3) is 4.84. The van der Waals surface area contributed by atoms with Crippen molar-refractivity contribution >= 4 is 11.9 Å². The average Bonchev–Trinajstić information content (AvgIpc) is 2.52. The lowest BCUT2D eigenvalue weighted by molar-refractivity contribution is -0.356. The van der Waals surface area contributed by atoms with E-state index in [1.165, 1.54) is 12.1 Å². The molecule has 1 aromatic rings. The number of carbonyl (C=O) groups is 2. The van der Waals surface area contributed by atoms with Crippen LogP contribution in [0.25, 0.3) is 0 Å². The Hall–Kier alpha value is -2.30. The largest absolute Gasteiger partial charge is 0.463 e. The number of halogens is 6. The summed E-state index contributed by atoms with van der Waals surface area (Å²) in [4.78, 5) is 22.6. The van der Waals surface area contributed by atoms with Crippen molar-refractivity contribution in [2.24, 2.45) is 0 Å². The van der Waals surface area contributed by atoms with Gasteiger partial charge in [0.15, 0.2) is 0 Å². The zero-order valence-corrected chi connectivity index (χ0v) is 12.4. The zero-order chi connectivity index (χ0) is 19.3. The van der Waals surface area contributed by atoms with Crippen molar-refractivity contribution in [3.05, 3.63) is 35.9 Å². The summed E-state index contributed by atoms with van der Waals surface area (Å²) in [7, 11) is 0. The maximum atomic E-state index is 12.4. The van der Waals surface area contributed by atoms with Crippen LogP contribution in [-0.2, 0) is 14.3 Å².